The van der Waals surface area contributed by atoms with Gasteiger partial charge in [0.05, 0.1) is 0 Å². The van der Waals surface area contributed by atoms with Crippen LogP contribution in [0.25, 0.3) is 0 Å². The molecule has 0 aliphatic heterocycles. The van der Waals surface area contributed by atoms with Gasteiger partial charge in [-0.15, -0.1) is 6.58 Å². The molecule has 0 amide bonds. The Labute approximate surface area is 76.4 Å². The first kappa shape index (κ1) is 11.7. The molecule has 2 nitrogen and oxygen atoms in total. The summed E-state index contributed by atoms with van der Waals surface area (Å²) < 4.78 is 0. The fourth-order valence-electron chi connectivity index (χ4n) is 1.37. The largest absolute Gasteiger partial charge is 0.330 e. The summed E-state index contributed by atoms with van der Waals surface area (Å²) in [4.78, 5) is 2.42. The second-order valence-electron chi connectivity index (χ2n) is 3.21. The molecule has 2 heteroatoms. The standard InChI is InChI=1S/C10H22N2/c1-4-8-12(9-5-2)10(3)6-7-11/h4,10H,1,5-9,11H2,2-3H3. The third-order valence-electron chi connectivity index (χ3n) is 2.08. The van der Waals surface area contributed by atoms with Crippen LogP contribution in [0, 0.1) is 0 Å². The number of nitrogens with two attached hydrogens (primary N) is 1. The van der Waals surface area contributed by atoms with Crippen LogP contribution < -0.4 is 5.73 Å². The molecule has 0 spiro atoms. The van der Waals surface area contributed by atoms with E-state index in [1.54, 1.807) is 0 Å². The van der Waals surface area contributed by atoms with E-state index in [2.05, 4.69) is 25.3 Å². The highest BCUT2D eigenvalue weighted by atomic mass is 15.1. The van der Waals surface area contributed by atoms with Gasteiger partial charge in [-0.25, -0.2) is 0 Å². The third kappa shape index (κ3) is 4.52. The first-order chi connectivity index (χ1) is 5.76. The van der Waals surface area contributed by atoms with Crippen LogP contribution in [-0.2, 0) is 0 Å². The minimum atomic E-state index is 0.591. The van der Waals surface area contributed by atoms with Crippen LogP contribution >= 0.6 is 0 Å². The molecular formula is C10H22N2. The van der Waals surface area contributed by atoms with Crippen molar-refractivity contribution in [2.75, 3.05) is 19.6 Å². The summed E-state index contributed by atoms with van der Waals surface area (Å²) in [6.07, 6.45) is 4.24. The zero-order chi connectivity index (χ0) is 9.40. The highest BCUT2D eigenvalue weighted by Gasteiger charge is 2.09. The van der Waals surface area contributed by atoms with Gasteiger partial charge in [-0.2, -0.15) is 0 Å². The SMILES string of the molecule is C=CCN(CCC)C(C)CCN. The van der Waals surface area contributed by atoms with Crippen LogP contribution in [0.1, 0.15) is 26.7 Å². The molecular weight excluding hydrogens is 148 g/mol. The Bertz CT molecular complexity index is 112. The zero-order valence-electron chi connectivity index (χ0n) is 8.42. The van der Waals surface area contributed by atoms with Crippen molar-refractivity contribution in [3.8, 4) is 0 Å². The summed E-state index contributed by atoms with van der Waals surface area (Å²) in [5.74, 6) is 0. The summed E-state index contributed by atoms with van der Waals surface area (Å²) in [7, 11) is 0. The lowest BCUT2D eigenvalue weighted by molar-refractivity contribution is 0.223. The molecule has 0 aliphatic rings. The van der Waals surface area contributed by atoms with Crippen molar-refractivity contribution in [2.24, 2.45) is 5.73 Å². The van der Waals surface area contributed by atoms with E-state index >= 15 is 0 Å². The lowest BCUT2D eigenvalue weighted by Crippen LogP contribution is -2.35. The van der Waals surface area contributed by atoms with E-state index in [4.69, 9.17) is 5.73 Å². The molecule has 0 heterocycles. The van der Waals surface area contributed by atoms with E-state index < -0.39 is 0 Å². The molecule has 0 saturated carbocycles. The van der Waals surface area contributed by atoms with Gasteiger partial charge in [0.15, 0.2) is 0 Å². The summed E-state index contributed by atoms with van der Waals surface area (Å²) in [6.45, 7) is 11.1. The highest BCUT2D eigenvalue weighted by Crippen LogP contribution is 2.03. The Balaban J connectivity index is 3.80. The predicted molar refractivity (Wildman–Crippen MR) is 55.2 cm³/mol. The van der Waals surface area contributed by atoms with E-state index in [9.17, 15) is 0 Å². The molecule has 72 valence electrons. The molecule has 0 aromatic rings. The topological polar surface area (TPSA) is 29.3 Å². The van der Waals surface area contributed by atoms with E-state index in [0.29, 0.717) is 6.04 Å². The van der Waals surface area contributed by atoms with E-state index in [-0.39, 0.29) is 0 Å². The Morgan fingerprint density at radius 3 is 2.67 bits per heavy atom. The molecule has 0 aromatic carbocycles. The van der Waals surface area contributed by atoms with Crippen molar-refractivity contribution in [3.63, 3.8) is 0 Å². The Hall–Kier alpha value is -0.340. The van der Waals surface area contributed by atoms with Gasteiger partial charge in [0.2, 0.25) is 0 Å². The van der Waals surface area contributed by atoms with E-state index in [1.807, 2.05) is 6.08 Å². The van der Waals surface area contributed by atoms with Gasteiger partial charge in [0.1, 0.15) is 0 Å². The van der Waals surface area contributed by atoms with Crippen molar-refractivity contribution in [1.82, 2.24) is 4.90 Å². The van der Waals surface area contributed by atoms with Crippen molar-refractivity contribution >= 4 is 0 Å². The van der Waals surface area contributed by atoms with Crippen LogP contribution in [-0.4, -0.2) is 30.6 Å². The fraction of sp³-hybridized carbons (Fsp3) is 0.800. The molecule has 2 N–H and O–H groups in total. The van der Waals surface area contributed by atoms with E-state index in [1.165, 1.54) is 6.42 Å². The maximum Gasteiger partial charge on any atom is 0.0163 e. The molecule has 0 fully saturated rings. The van der Waals surface area contributed by atoms with Gasteiger partial charge in [-0.3, -0.25) is 4.90 Å². The second kappa shape index (κ2) is 7.32. The van der Waals surface area contributed by atoms with Crippen molar-refractivity contribution in [3.05, 3.63) is 12.7 Å². The van der Waals surface area contributed by atoms with Crippen LogP contribution in [0.2, 0.25) is 0 Å². The molecule has 1 atom stereocenters. The van der Waals surface area contributed by atoms with Crippen LogP contribution in [0.5, 0.6) is 0 Å². The Morgan fingerprint density at radius 2 is 2.25 bits per heavy atom. The predicted octanol–water partition coefficient (Wildman–Crippen LogP) is 1.62. The molecule has 0 aliphatic carbocycles. The normalized spacial score (nSPS) is 13.3. The average Bonchev–Trinajstić information content (AvgIpc) is 2.04. The lowest BCUT2D eigenvalue weighted by atomic mass is 10.2. The maximum absolute atomic E-state index is 5.51. The smallest absolute Gasteiger partial charge is 0.0163 e. The first-order valence-electron chi connectivity index (χ1n) is 4.81. The Morgan fingerprint density at radius 1 is 1.58 bits per heavy atom. The van der Waals surface area contributed by atoms with Gasteiger partial charge < -0.3 is 5.73 Å². The van der Waals surface area contributed by atoms with Crippen LogP contribution in [0.4, 0.5) is 0 Å². The highest BCUT2D eigenvalue weighted by molar-refractivity contribution is 4.77. The Kier molecular flexibility index (Phi) is 7.11. The quantitative estimate of drug-likeness (QED) is 0.588. The second-order valence-corrected chi connectivity index (χ2v) is 3.21. The summed E-state index contributed by atoms with van der Waals surface area (Å²) in [5.41, 5.74) is 5.51. The molecule has 0 aromatic heterocycles. The van der Waals surface area contributed by atoms with Gasteiger partial charge in [-0.05, 0) is 32.9 Å². The summed E-state index contributed by atoms with van der Waals surface area (Å²) >= 11 is 0. The van der Waals surface area contributed by atoms with Crippen molar-refractivity contribution in [1.29, 1.82) is 0 Å². The number of rotatable bonds is 7. The van der Waals surface area contributed by atoms with Gasteiger partial charge in [0.25, 0.3) is 0 Å². The van der Waals surface area contributed by atoms with Crippen molar-refractivity contribution in [2.45, 2.75) is 32.7 Å². The minimum absolute atomic E-state index is 0.591. The molecule has 0 saturated heterocycles. The van der Waals surface area contributed by atoms with Crippen LogP contribution in [0.3, 0.4) is 0 Å². The molecule has 12 heavy (non-hydrogen) atoms. The fourth-order valence-corrected chi connectivity index (χ4v) is 1.37. The van der Waals surface area contributed by atoms with Gasteiger partial charge in [-0.1, -0.05) is 13.0 Å². The number of nitrogens with zero attached hydrogens (tertiary/aromatic N) is 1. The molecule has 0 bridgehead atoms. The molecule has 0 rings (SSSR count). The van der Waals surface area contributed by atoms with Gasteiger partial charge in [0, 0.05) is 12.6 Å². The summed E-state index contributed by atoms with van der Waals surface area (Å²) in [5, 5.41) is 0. The van der Waals surface area contributed by atoms with E-state index in [0.717, 1.165) is 26.1 Å². The maximum atomic E-state index is 5.51. The zero-order valence-corrected chi connectivity index (χ0v) is 8.42. The summed E-state index contributed by atoms with van der Waals surface area (Å²) in [6, 6.07) is 0.591. The minimum Gasteiger partial charge on any atom is -0.330 e. The third-order valence-corrected chi connectivity index (χ3v) is 2.08. The lowest BCUT2D eigenvalue weighted by Gasteiger charge is -2.27. The van der Waals surface area contributed by atoms with Crippen LogP contribution in [0.15, 0.2) is 12.7 Å². The van der Waals surface area contributed by atoms with Crippen molar-refractivity contribution < 1.29 is 0 Å². The van der Waals surface area contributed by atoms with Gasteiger partial charge >= 0.3 is 0 Å². The molecule has 0 radical (unpaired) electrons. The first-order valence-corrected chi connectivity index (χ1v) is 4.81. The number of hydrogen-bond donors (Lipinski definition) is 1. The number of hydrogen-bond acceptors (Lipinski definition) is 2. The monoisotopic (exact) mass is 170 g/mol. The average molecular weight is 170 g/mol. The molecule has 1 unspecified atom stereocenters.